The van der Waals surface area contributed by atoms with E-state index in [1.165, 1.54) is 11.3 Å². The van der Waals surface area contributed by atoms with Crippen LogP contribution >= 0.6 is 27.3 Å². The summed E-state index contributed by atoms with van der Waals surface area (Å²) in [6, 6.07) is 2.27. The van der Waals surface area contributed by atoms with Crippen LogP contribution in [-0.4, -0.2) is 0 Å². The van der Waals surface area contributed by atoms with Crippen molar-refractivity contribution in [3.05, 3.63) is 55.9 Å². The summed E-state index contributed by atoms with van der Waals surface area (Å²) in [5.74, 6) is -2.85. The maximum atomic E-state index is 13.5. The van der Waals surface area contributed by atoms with Crippen LogP contribution in [0.3, 0.4) is 0 Å². The fourth-order valence-electron chi connectivity index (χ4n) is 1.68. The van der Waals surface area contributed by atoms with Crippen LogP contribution in [0.5, 0.6) is 0 Å². The van der Waals surface area contributed by atoms with Crippen LogP contribution in [0.15, 0.2) is 28.1 Å². The number of nitrogens with two attached hydrogens (primary N) is 1. The molecule has 0 fully saturated rings. The van der Waals surface area contributed by atoms with Crippen LogP contribution in [0.4, 0.5) is 13.2 Å². The minimum Gasteiger partial charge on any atom is -0.323 e. The molecule has 0 spiro atoms. The SMILES string of the molecule is NC(Cc1sccc1Br)c1c(F)cc(F)cc1F. The zero-order chi connectivity index (χ0) is 13.3. The molecular weight excluding hydrogens is 327 g/mol. The zero-order valence-corrected chi connectivity index (χ0v) is 11.5. The zero-order valence-electron chi connectivity index (χ0n) is 9.09. The molecule has 2 aromatic rings. The molecule has 2 N–H and O–H groups in total. The van der Waals surface area contributed by atoms with Gasteiger partial charge in [0, 0.05) is 39.5 Å². The Morgan fingerprint density at radius 2 is 1.83 bits per heavy atom. The molecule has 96 valence electrons. The number of benzene rings is 1. The molecule has 0 saturated heterocycles. The second-order valence-electron chi connectivity index (χ2n) is 3.79. The average molecular weight is 336 g/mol. The standard InChI is InChI=1S/C12H9BrF3NS/c13-7-1-2-18-11(7)5-10(17)12-8(15)3-6(14)4-9(12)16/h1-4,10H,5,17H2. The maximum Gasteiger partial charge on any atom is 0.133 e. The van der Waals surface area contributed by atoms with Crippen LogP contribution in [0.25, 0.3) is 0 Å². The van der Waals surface area contributed by atoms with E-state index in [1.807, 2.05) is 11.4 Å². The van der Waals surface area contributed by atoms with Crippen LogP contribution in [0, 0.1) is 17.5 Å². The summed E-state index contributed by atoms with van der Waals surface area (Å²) < 4.78 is 40.7. The van der Waals surface area contributed by atoms with Crippen molar-refractivity contribution < 1.29 is 13.2 Å². The molecule has 6 heteroatoms. The summed E-state index contributed by atoms with van der Waals surface area (Å²) in [6.45, 7) is 0. The quantitative estimate of drug-likeness (QED) is 0.894. The molecule has 1 aromatic heterocycles. The Morgan fingerprint density at radius 3 is 2.33 bits per heavy atom. The van der Waals surface area contributed by atoms with Crippen LogP contribution in [0.1, 0.15) is 16.5 Å². The monoisotopic (exact) mass is 335 g/mol. The highest BCUT2D eigenvalue weighted by atomic mass is 79.9. The molecule has 0 bridgehead atoms. The number of hydrogen-bond donors (Lipinski definition) is 1. The minimum absolute atomic E-state index is 0.281. The first kappa shape index (κ1) is 13.6. The minimum atomic E-state index is -0.951. The van der Waals surface area contributed by atoms with E-state index in [-0.39, 0.29) is 12.0 Å². The van der Waals surface area contributed by atoms with Gasteiger partial charge in [0.2, 0.25) is 0 Å². The normalized spacial score (nSPS) is 12.7. The van der Waals surface area contributed by atoms with Gasteiger partial charge in [-0.25, -0.2) is 13.2 Å². The maximum absolute atomic E-state index is 13.5. The highest BCUT2D eigenvalue weighted by Crippen LogP contribution is 2.29. The Bertz CT molecular complexity index is 547. The molecule has 0 aliphatic heterocycles. The molecule has 0 aliphatic rings. The van der Waals surface area contributed by atoms with E-state index in [0.717, 1.165) is 9.35 Å². The average Bonchev–Trinajstić information content (AvgIpc) is 2.62. The van der Waals surface area contributed by atoms with Crippen molar-refractivity contribution in [1.82, 2.24) is 0 Å². The summed E-state index contributed by atoms with van der Waals surface area (Å²) in [4.78, 5) is 0.894. The summed E-state index contributed by atoms with van der Waals surface area (Å²) in [5.41, 5.74) is 5.51. The molecule has 1 nitrogen and oxygen atoms in total. The van der Waals surface area contributed by atoms with Gasteiger partial charge < -0.3 is 5.73 Å². The van der Waals surface area contributed by atoms with Crippen LogP contribution < -0.4 is 5.73 Å². The first-order chi connectivity index (χ1) is 8.49. The van der Waals surface area contributed by atoms with Gasteiger partial charge in [-0.15, -0.1) is 11.3 Å². The van der Waals surface area contributed by atoms with E-state index in [9.17, 15) is 13.2 Å². The Labute approximate surface area is 115 Å². The molecule has 0 amide bonds. The number of thiophene rings is 1. The van der Waals surface area contributed by atoms with Crippen molar-refractivity contribution in [2.24, 2.45) is 5.73 Å². The van der Waals surface area contributed by atoms with E-state index in [0.29, 0.717) is 12.1 Å². The third-order valence-corrected chi connectivity index (χ3v) is 4.46. The van der Waals surface area contributed by atoms with Crippen molar-refractivity contribution in [3.63, 3.8) is 0 Å². The van der Waals surface area contributed by atoms with E-state index in [1.54, 1.807) is 0 Å². The molecule has 1 atom stereocenters. The Morgan fingerprint density at radius 1 is 1.22 bits per heavy atom. The van der Waals surface area contributed by atoms with Crippen molar-refractivity contribution in [3.8, 4) is 0 Å². The van der Waals surface area contributed by atoms with Gasteiger partial charge in [-0.1, -0.05) is 0 Å². The lowest BCUT2D eigenvalue weighted by Crippen LogP contribution is -2.17. The second kappa shape index (κ2) is 5.42. The molecule has 0 radical (unpaired) electrons. The lowest BCUT2D eigenvalue weighted by atomic mass is 10.0. The molecule has 1 aromatic carbocycles. The summed E-state index contributed by atoms with van der Waals surface area (Å²) >= 11 is 4.76. The Balaban J connectivity index is 2.29. The van der Waals surface area contributed by atoms with Gasteiger partial charge in [0.15, 0.2) is 0 Å². The first-order valence-electron chi connectivity index (χ1n) is 5.11. The van der Waals surface area contributed by atoms with Gasteiger partial charge in [0.25, 0.3) is 0 Å². The predicted molar refractivity (Wildman–Crippen MR) is 69.0 cm³/mol. The highest BCUT2D eigenvalue weighted by molar-refractivity contribution is 9.10. The lowest BCUT2D eigenvalue weighted by molar-refractivity contribution is 0.502. The van der Waals surface area contributed by atoms with Gasteiger partial charge in [0.05, 0.1) is 0 Å². The lowest BCUT2D eigenvalue weighted by Gasteiger charge is -2.13. The van der Waals surface area contributed by atoms with E-state index >= 15 is 0 Å². The summed E-state index contributed by atoms with van der Waals surface area (Å²) in [7, 11) is 0. The molecule has 1 unspecified atom stereocenters. The van der Waals surface area contributed by atoms with Gasteiger partial charge >= 0.3 is 0 Å². The summed E-state index contributed by atoms with van der Waals surface area (Å²) in [5, 5.41) is 1.85. The highest BCUT2D eigenvalue weighted by Gasteiger charge is 2.19. The van der Waals surface area contributed by atoms with Gasteiger partial charge in [-0.3, -0.25) is 0 Å². The fraction of sp³-hybridized carbons (Fsp3) is 0.167. The Kier molecular flexibility index (Phi) is 4.09. The molecular formula is C12H9BrF3NS. The van der Waals surface area contributed by atoms with Crippen molar-refractivity contribution in [2.75, 3.05) is 0 Å². The molecule has 2 rings (SSSR count). The van der Waals surface area contributed by atoms with Crippen molar-refractivity contribution >= 4 is 27.3 Å². The van der Waals surface area contributed by atoms with E-state index in [4.69, 9.17) is 5.73 Å². The van der Waals surface area contributed by atoms with Gasteiger partial charge in [-0.05, 0) is 27.4 Å². The third kappa shape index (κ3) is 2.76. The number of rotatable bonds is 3. The Hall–Kier alpha value is -0.850. The molecule has 1 heterocycles. The van der Waals surface area contributed by atoms with Crippen molar-refractivity contribution in [2.45, 2.75) is 12.5 Å². The number of hydrogen-bond acceptors (Lipinski definition) is 2. The fourth-order valence-corrected chi connectivity index (χ4v) is 3.25. The third-order valence-electron chi connectivity index (χ3n) is 2.51. The predicted octanol–water partition coefficient (Wildman–Crippen LogP) is 4.17. The first-order valence-corrected chi connectivity index (χ1v) is 6.78. The second-order valence-corrected chi connectivity index (χ2v) is 5.64. The molecule has 0 saturated carbocycles. The molecule has 0 aliphatic carbocycles. The molecule has 18 heavy (non-hydrogen) atoms. The number of halogens is 4. The van der Waals surface area contributed by atoms with Gasteiger partial charge in [0.1, 0.15) is 17.5 Å². The van der Waals surface area contributed by atoms with Crippen LogP contribution in [-0.2, 0) is 6.42 Å². The topological polar surface area (TPSA) is 26.0 Å². The summed E-state index contributed by atoms with van der Waals surface area (Å²) in [6.07, 6.45) is 0.289. The van der Waals surface area contributed by atoms with E-state index in [2.05, 4.69) is 15.9 Å². The van der Waals surface area contributed by atoms with E-state index < -0.39 is 23.5 Å². The van der Waals surface area contributed by atoms with Crippen LogP contribution in [0.2, 0.25) is 0 Å². The van der Waals surface area contributed by atoms with Gasteiger partial charge in [-0.2, -0.15) is 0 Å². The largest absolute Gasteiger partial charge is 0.323 e. The van der Waals surface area contributed by atoms with Crippen molar-refractivity contribution in [1.29, 1.82) is 0 Å². The smallest absolute Gasteiger partial charge is 0.133 e.